The van der Waals surface area contributed by atoms with Crippen molar-refractivity contribution in [3.63, 3.8) is 0 Å². The van der Waals surface area contributed by atoms with Crippen LogP contribution < -0.4 is 10.1 Å². The standard InChI is InChI=1S/C13H17BrFNO/c1-4-16-10(3)11-5-6-13(12(15)7-11)17-8-9(2)14/h5-7,10,16H,2,4,8H2,1,3H3. The van der Waals surface area contributed by atoms with E-state index in [-0.39, 0.29) is 24.2 Å². The van der Waals surface area contributed by atoms with Gasteiger partial charge in [-0.15, -0.1) is 0 Å². The summed E-state index contributed by atoms with van der Waals surface area (Å²) >= 11 is 3.16. The van der Waals surface area contributed by atoms with E-state index in [0.717, 1.165) is 12.1 Å². The molecule has 0 aromatic heterocycles. The first kappa shape index (κ1) is 14.2. The molecule has 0 radical (unpaired) electrons. The van der Waals surface area contributed by atoms with Crippen LogP contribution in [0, 0.1) is 5.82 Å². The minimum atomic E-state index is -0.346. The molecule has 4 heteroatoms. The lowest BCUT2D eigenvalue weighted by Crippen LogP contribution is -2.17. The van der Waals surface area contributed by atoms with Crippen LogP contribution in [0.2, 0.25) is 0 Å². The average Bonchev–Trinajstić information content (AvgIpc) is 2.27. The van der Waals surface area contributed by atoms with E-state index in [1.165, 1.54) is 6.07 Å². The van der Waals surface area contributed by atoms with Crippen LogP contribution in [0.15, 0.2) is 29.3 Å². The van der Waals surface area contributed by atoms with Gasteiger partial charge in [-0.05, 0) is 31.2 Å². The molecular weight excluding hydrogens is 285 g/mol. The highest BCUT2D eigenvalue weighted by molar-refractivity contribution is 9.11. The SMILES string of the molecule is C=C(Br)COc1ccc(C(C)NCC)cc1F. The number of ether oxygens (including phenoxy) is 1. The lowest BCUT2D eigenvalue weighted by Gasteiger charge is -2.14. The van der Waals surface area contributed by atoms with Crippen molar-refractivity contribution >= 4 is 15.9 Å². The summed E-state index contributed by atoms with van der Waals surface area (Å²) in [5.74, 6) is -0.0981. The Hall–Kier alpha value is -0.870. The van der Waals surface area contributed by atoms with Crippen LogP contribution >= 0.6 is 15.9 Å². The fourth-order valence-electron chi connectivity index (χ4n) is 1.48. The number of hydrogen-bond acceptors (Lipinski definition) is 2. The van der Waals surface area contributed by atoms with Gasteiger partial charge in [0.1, 0.15) is 6.61 Å². The fourth-order valence-corrected chi connectivity index (χ4v) is 1.60. The molecule has 0 saturated carbocycles. The van der Waals surface area contributed by atoms with Crippen molar-refractivity contribution in [1.29, 1.82) is 0 Å². The van der Waals surface area contributed by atoms with Crippen molar-refractivity contribution < 1.29 is 9.13 Å². The Kier molecular flexibility index (Phi) is 5.65. The largest absolute Gasteiger partial charge is 0.485 e. The Labute approximate surface area is 110 Å². The first-order chi connectivity index (χ1) is 8.04. The van der Waals surface area contributed by atoms with Crippen LogP contribution in [0.25, 0.3) is 0 Å². The molecule has 17 heavy (non-hydrogen) atoms. The third-order valence-corrected chi connectivity index (χ3v) is 2.58. The number of rotatable bonds is 6. The highest BCUT2D eigenvalue weighted by Gasteiger charge is 2.09. The third kappa shape index (κ3) is 4.48. The second-order valence-corrected chi connectivity index (χ2v) is 4.90. The van der Waals surface area contributed by atoms with Gasteiger partial charge < -0.3 is 10.1 Å². The van der Waals surface area contributed by atoms with Gasteiger partial charge in [-0.25, -0.2) is 4.39 Å². The molecular formula is C13H17BrFNO. The molecule has 1 atom stereocenters. The Morgan fingerprint density at radius 1 is 1.59 bits per heavy atom. The third-order valence-electron chi connectivity index (χ3n) is 2.35. The summed E-state index contributed by atoms with van der Waals surface area (Å²) in [7, 11) is 0. The van der Waals surface area contributed by atoms with Crippen molar-refractivity contribution in [3.05, 3.63) is 40.6 Å². The minimum absolute atomic E-state index is 0.134. The Balaban J connectivity index is 2.75. The maximum atomic E-state index is 13.7. The Morgan fingerprint density at radius 2 is 2.29 bits per heavy atom. The topological polar surface area (TPSA) is 21.3 Å². The van der Waals surface area contributed by atoms with Crippen LogP contribution in [-0.2, 0) is 0 Å². The van der Waals surface area contributed by atoms with Gasteiger partial charge in [0.2, 0.25) is 0 Å². The van der Waals surface area contributed by atoms with Gasteiger partial charge in [0.15, 0.2) is 11.6 Å². The van der Waals surface area contributed by atoms with Crippen LogP contribution in [0.1, 0.15) is 25.5 Å². The molecule has 0 amide bonds. The summed E-state index contributed by atoms with van der Waals surface area (Å²) in [6, 6.07) is 5.14. The molecule has 94 valence electrons. The Morgan fingerprint density at radius 3 is 2.82 bits per heavy atom. The van der Waals surface area contributed by atoms with Gasteiger partial charge in [-0.2, -0.15) is 0 Å². The number of hydrogen-bond donors (Lipinski definition) is 1. The maximum absolute atomic E-state index is 13.7. The summed E-state index contributed by atoms with van der Waals surface area (Å²) < 4.78 is 19.6. The Bertz CT molecular complexity index is 395. The predicted octanol–water partition coefficient (Wildman–Crippen LogP) is 3.78. The van der Waals surface area contributed by atoms with Crippen molar-refractivity contribution in [2.45, 2.75) is 19.9 Å². The van der Waals surface area contributed by atoms with Crippen LogP contribution in [0.5, 0.6) is 5.75 Å². The fraction of sp³-hybridized carbons (Fsp3) is 0.385. The van der Waals surface area contributed by atoms with Gasteiger partial charge in [0, 0.05) is 10.5 Å². The molecule has 0 fully saturated rings. The molecule has 1 aromatic carbocycles. The number of halogens is 2. The average molecular weight is 302 g/mol. The summed E-state index contributed by atoms with van der Waals surface area (Å²) in [6.07, 6.45) is 0. The smallest absolute Gasteiger partial charge is 0.165 e. The summed E-state index contributed by atoms with van der Waals surface area (Å²) in [5.41, 5.74) is 0.911. The molecule has 1 N–H and O–H groups in total. The predicted molar refractivity (Wildman–Crippen MR) is 72.1 cm³/mol. The van der Waals surface area contributed by atoms with Crippen molar-refractivity contribution in [3.8, 4) is 5.75 Å². The molecule has 1 unspecified atom stereocenters. The molecule has 1 rings (SSSR count). The van der Waals surface area contributed by atoms with E-state index in [1.54, 1.807) is 6.07 Å². The quantitative estimate of drug-likeness (QED) is 0.863. The zero-order chi connectivity index (χ0) is 12.8. The van der Waals surface area contributed by atoms with E-state index < -0.39 is 0 Å². The first-order valence-corrected chi connectivity index (χ1v) is 6.32. The molecule has 0 heterocycles. The second kappa shape index (κ2) is 6.77. The van der Waals surface area contributed by atoms with Crippen molar-refractivity contribution in [1.82, 2.24) is 5.32 Å². The second-order valence-electron chi connectivity index (χ2n) is 3.78. The summed E-state index contributed by atoms with van der Waals surface area (Å²) in [6.45, 7) is 8.76. The van der Waals surface area contributed by atoms with Gasteiger partial charge in [-0.1, -0.05) is 35.5 Å². The molecule has 2 nitrogen and oxygen atoms in total. The van der Waals surface area contributed by atoms with E-state index in [0.29, 0.717) is 4.48 Å². The molecule has 0 aliphatic rings. The monoisotopic (exact) mass is 301 g/mol. The molecule has 0 spiro atoms. The van der Waals surface area contributed by atoms with Crippen LogP contribution in [0.3, 0.4) is 0 Å². The first-order valence-electron chi connectivity index (χ1n) is 5.53. The molecule has 0 bridgehead atoms. The van der Waals surface area contributed by atoms with E-state index in [1.807, 2.05) is 19.9 Å². The highest BCUT2D eigenvalue weighted by atomic mass is 79.9. The van der Waals surface area contributed by atoms with E-state index in [4.69, 9.17) is 4.74 Å². The van der Waals surface area contributed by atoms with Gasteiger partial charge in [-0.3, -0.25) is 0 Å². The van der Waals surface area contributed by atoms with E-state index >= 15 is 0 Å². The normalized spacial score (nSPS) is 12.2. The zero-order valence-electron chi connectivity index (χ0n) is 10.1. The maximum Gasteiger partial charge on any atom is 0.165 e. The number of nitrogens with one attached hydrogen (secondary N) is 1. The molecule has 1 aromatic rings. The highest BCUT2D eigenvalue weighted by Crippen LogP contribution is 2.22. The van der Waals surface area contributed by atoms with Gasteiger partial charge in [0.25, 0.3) is 0 Å². The van der Waals surface area contributed by atoms with Crippen molar-refractivity contribution in [2.75, 3.05) is 13.2 Å². The minimum Gasteiger partial charge on any atom is -0.485 e. The number of benzene rings is 1. The van der Waals surface area contributed by atoms with Crippen molar-refractivity contribution in [2.24, 2.45) is 0 Å². The summed E-state index contributed by atoms with van der Waals surface area (Å²) in [5, 5.41) is 3.23. The molecule has 0 aliphatic carbocycles. The van der Waals surface area contributed by atoms with Crippen LogP contribution in [-0.4, -0.2) is 13.2 Å². The molecule has 0 saturated heterocycles. The lowest BCUT2D eigenvalue weighted by atomic mass is 10.1. The zero-order valence-corrected chi connectivity index (χ0v) is 11.7. The van der Waals surface area contributed by atoms with E-state index in [2.05, 4.69) is 27.8 Å². The van der Waals surface area contributed by atoms with Gasteiger partial charge >= 0.3 is 0 Å². The van der Waals surface area contributed by atoms with E-state index in [9.17, 15) is 4.39 Å². The van der Waals surface area contributed by atoms with Gasteiger partial charge in [0.05, 0.1) is 0 Å². The summed E-state index contributed by atoms with van der Waals surface area (Å²) in [4.78, 5) is 0. The molecule has 0 aliphatic heterocycles. The lowest BCUT2D eigenvalue weighted by molar-refractivity contribution is 0.339. The van der Waals surface area contributed by atoms with Crippen LogP contribution in [0.4, 0.5) is 4.39 Å².